The highest BCUT2D eigenvalue weighted by molar-refractivity contribution is 6.13. The minimum Gasteiger partial charge on any atom is -0.0839 e. The van der Waals surface area contributed by atoms with Crippen LogP contribution in [0.25, 0.3) is 38.8 Å². The molecule has 0 heterocycles. The van der Waals surface area contributed by atoms with Crippen LogP contribution in [-0.4, -0.2) is 0 Å². The molecule has 0 aromatic heterocycles. The Morgan fingerprint density at radius 2 is 1.23 bits per heavy atom. The second-order valence-corrected chi connectivity index (χ2v) is 12.7. The summed E-state index contributed by atoms with van der Waals surface area (Å²) in [6.07, 6.45) is 31.5. The molecule has 0 atom stereocenters. The van der Waals surface area contributed by atoms with E-state index in [9.17, 15) is 0 Å². The first-order valence-corrected chi connectivity index (χ1v) is 15.7. The minimum absolute atomic E-state index is 1.16. The lowest BCUT2D eigenvalue weighted by Gasteiger charge is -2.28. The van der Waals surface area contributed by atoms with Crippen molar-refractivity contribution in [3.63, 3.8) is 0 Å². The van der Waals surface area contributed by atoms with E-state index in [0.717, 1.165) is 12.8 Å². The first-order valence-electron chi connectivity index (χ1n) is 15.7. The summed E-state index contributed by atoms with van der Waals surface area (Å²) in [5.74, 6) is 0. The molecule has 0 radical (unpaired) electrons. The second kappa shape index (κ2) is 8.93. The van der Waals surface area contributed by atoms with E-state index in [2.05, 4.69) is 72.9 Å². The summed E-state index contributed by atoms with van der Waals surface area (Å²) >= 11 is 0. The molecule has 0 saturated carbocycles. The first kappa shape index (κ1) is 23.1. The van der Waals surface area contributed by atoms with E-state index in [1.54, 1.807) is 60.9 Å². The third kappa shape index (κ3) is 3.38. The first-order chi connectivity index (χ1) is 19.8. The van der Waals surface area contributed by atoms with Gasteiger partial charge in [0.15, 0.2) is 0 Å². The lowest BCUT2D eigenvalue weighted by molar-refractivity contribution is 0.853. The third-order valence-corrected chi connectivity index (χ3v) is 10.6. The van der Waals surface area contributed by atoms with Gasteiger partial charge >= 0.3 is 0 Å². The fourth-order valence-corrected chi connectivity index (χ4v) is 8.78. The Kier molecular flexibility index (Phi) is 5.16. The number of hydrogen-bond acceptors (Lipinski definition) is 0. The number of rotatable bonds is 2. The summed E-state index contributed by atoms with van der Waals surface area (Å²) in [6.45, 7) is 0. The monoisotopic (exact) mass is 516 g/mol. The van der Waals surface area contributed by atoms with E-state index in [1.807, 2.05) is 0 Å². The number of allylic oxidation sites excluding steroid dienone is 12. The molecule has 3 aromatic carbocycles. The Morgan fingerprint density at radius 1 is 0.500 bits per heavy atom. The van der Waals surface area contributed by atoms with Crippen LogP contribution in [-0.2, 0) is 12.8 Å². The zero-order valence-electron chi connectivity index (χ0n) is 23.4. The Labute approximate surface area is 237 Å². The van der Waals surface area contributed by atoms with Crippen LogP contribution in [0.4, 0.5) is 0 Å². The number of fused-ring (bicyclic) bond motifs is 2. The van der Waals surface area contributed by atoms with Crippen molar-refractivity contribution in [2.45, 2.75) is 77.0 Å². The van der Waals surface area contributed by atoms with E-state index in [4.69, 9.17) is 0 Å². The van der Waals surface area contributed by atoms with Gasteiger partial charge < -0.3 is 0 Å². The van der Waals surface area contributed by atoms with Gasteiger partial charge in [-0.1, -0.05) is 72.9 Å². The van der Waals surface area contributed by atoms with E-state index < -0.39 is 0 Å². The quantitative estimate of drug-likeness (QED) is 0.298. The van der Waals surface area contributed by atoms with E-state index in [1.165, 1.54) is 91.0 Å². The number of hydrogen-bond donors (Lipinski definition) is 0. The topological polar surface area (TPSA) is 0 Å². The molecule has 196 valence electrons. The molecule has 0 bridgehead atoms. The van der Waals surface area contributed by atoms with Crippen molar-refractivity contribution in [2.24, 2.45) is 0 Å². The lowest BCUT2D eigenvalue weighted by Crippen LogP contribution is -2.22. The molecule has 6 aliphatic rings. The Morgan fingerprint density at radius 3 is 2.05 bits per heavy atom. The highest BCUT2D eigenvalue weighted by atomic mass is 14.3. The zero-order valence-corrected chi connectivity index (χ0v) is 23.4. The fourth-order valence-electron chi connectivity index (χ4n) is 8.78. The van der Waals surface area contributed by atoms with Crippen LogP contribution >= 0.6 is 0 Å². The normalized spacial score (nSPS) is 21.4. The van der Waals surface area contributed by atoms with Gasteiger partial charge in [-0.25, -0.2) is 0 Å². The van der Waals surface area contributed by atoms with Gasteiger partial charge in [0, 0.05) is 0 Å². The molecular weight excluding hydrogens is 480 g/mol. The standard InChI is InChI=1S/C40H36/c1-3-9-27-23-29(17-15-25(27)7-1)31-19-21-37-36-14-6-12-34-32(30-18-16-26-8-2-4-10-28(26)24-30)20-22-38(40(34)36)35-13-5-11-33(31)39(35)37/h1-2,5,7-8,11-13,20,22-24H,3-4,6,9-10,14-19,21H2. The lowest BCUT2D eigenvalue weighted by atomic mass is 9.76. The summed E-state index contributed by atoms with van der Waals surface area (Å²) in [4.78, 5) is 0. The summed E-state index contributed by atoms with van der Waals surface area (Å²) < 4.78 is 0. The van der Waals surface area contributed by atoms with Crippen molar-refractivity contribution in [1.82, 2.24) is 0 Å². The van der Waals surface area contributed by atoms with Crippen LogP contribution in [0.5, 0.6) is 0 Å². The molecule has 0 unspecified atom stereocenters. The van der Waals surface area contributed by atoms with Gasteiger partial charge in [-0.3, -0.25) is 0 Å². The maximum Gasteiger partial charge on any atom is -0.00671 e. The maximum atomic E-state index is 2.58. The number of aryl methyl sites for hydroxylation is 2. The summed E-state index contributed by atoms with van der Waals surface area (Å²) in [6, 6.07) is 12.1. The van der Waals surface area contributed by atoms with Crippen LogP contribution in [0, 0.1) is 0 Å². The molecule has 0 fully saturated rings. The Balaban J connectivity index is 1.28. The van der Waals surface area contributed by atoms with E-state index in [0.29, 0.717) is 0 Å². The van der Waals surface area contributed by atoms with Crippen molar-refractivity contribution in [1.29, 1.82) is 0 Å². The highest BCUT2D eigenvalue weighted by Crippen LogP contribution is 2.41. The largest absolute Gasteiger partial charge is 0.0839 e. The predicted molar refractivity (Wildman–Crippen MR) is 171 cm³/mol. The van der Waals surface area contributed by atoms with Gasteiger partial charge in [0.05, 0.1) is 0 Å². The molecule has 0 amide bonds. The van der Waals surface area contributed by atoms with Crippen LogP contribution in [0.1, 0.15) is 80.9 Å². The van der Waals surface area contributed by atoms with E-state index in [-0.39, 0.29) is 0 Å². The van der Waals surface area contributed by atoms with Gasteiger partial charge in [-0.2, -0.15) is 0 Å². The smallest absolute Gasteiger partial charge is 0.00671 e. The fraction of sp³-hybridized carbons (Fsp3) is 0.300. The summed E-state index contributed by atoms with van der Waals surface area (Å²) in [5, 5.41) is 9.14. The summed E-state index contributed by atoms with van der Waals surface area (Å²) in [5.41, 5.74) is 15.9. The molecule has 0 saturated heterocycles. The molecule has 0 N–H and O–H groups in total. The van der Waals surface area contributed by atoms with Crippen LogP contribution in [0.3, 0.4) is 0 Å². The van der Waals surface area contributed by atoms with Crippen LogP contribution in [0.2, 0.25) is 0 Å². The van der Waals surface area contributed by atoms with Crippen LogP contribution in [0.15, 0.2) is 94.7 Å². The average molecular weight is 517 g/mol. The molecule has 0 heteroatoms. The SMILES string of the molecule is C1=CC2=C(C=C(C3=c4cccc5c4c(c4c6c(c(C7=CC8=C(C=CCC8)CC7)ccc65)=CCC4)CC3)CC2)CC1. The molecule has 9 rings (SSSR count). The van der Waals surface area contributed by atoms with Crippen molar-refractivity contribution in [3.05, 3.63) is 122 Å². The maximum absolute atomic E-state index is 2.58. The Bertz CT molecular complexity index is 1980. The predicted octanol–water partition coefficient (Wildman–Crippen LogP) is 9.01. The minimum atomic E-state index is 1.16. The van der Waals surface area contributed by atoms with Crippen molar-refractivity contribution in [2.75, 3.05) is 0 Å². The van der Waals surface area contributed by atoms with Gasteiger partial charge in [0.2, 0.25) is 0 Å². The molecule has 0 aliphatic heterocycles. The molecule has 0 nitrogen and oxygen atoms in total. The van der Waals surface area contributed by atoms with E-state index >= 15 is 0 Å². The van der Waals surface area contributed by atoms with Crippen LogP contribution < -0.4 is 10.4 Å². The van der Waals surface area contributed by atoms with Gasteiger partial charge in [0.1, 0.15) is 0 Å². The molecular formula is C40H36. The summed E-state index contributed by atoms with van der Waals surface area (Å²) in [7, 11) is 0. The van der Waals surface area contributed by atoms with Gasteiger partial charge in [-0.15, -0.1) is 0 Å². The average Bonchev–Trinajstić information content (AvgIpc) is 3.02. The molecule has 3 aromatic rings. The highest BCUT2D eigenvalue weighted by Gasteiger charge is 2.26. The van der Waals surface area contributed by atoms with Crippen molar-refractivity contribution < 1.29 is 0 Å². The van der Waals surface area contributed by atoms with Crippen molar-refractivity contribution >= 4 is 38.8 Å². The van der Waals surface area contributed by atoms with Gasteiger partial charge in [0.25, 0.3) is 0 Å². The Hall–Kier alpha value is -3.64. The molecule has 6 aliphatic carbocycles. The molecule has 0 spiro atoms. The van der Waals surface area contributed by atoms with Gasteiger partial charge in [-0.05, 0) is 165 Å². The zero-order chi connectivity index (χ0) is 26.2. The molecule has 40 heavy (non-hydrogen) atoms. The number of benzene rings is 3. The van der Waals surface area contributed by atoms with Crippen molar-refractivity contribution in [3.8, 4) is 0 Å². The second-order valence-electron chi connectivity index (χ2n) is 12.7. The third-order valence-electron chi connectivity index (χ3n) is 10.6.